The lowest BCUT2D eigenvalue weighted by molar-refractivity contribution is -0.140. The maximum absolute atomic E-state index is 11.8. The predicted octanol–water partition coefficient (Wildman–Crippen LogP) is -0.502. The van der Waals surface area contributed by atoms with Crippen LogP contribution in [0.3, 0.4) is 0 Å². The molecule has 4 nitrogen and oxygen atoms in total. The molecule has 0 aliphatic carbocycles. The number of nitrogens with zero attached hydrogens (tertiary/aromatic N) is 2. The summed E-state index contributed by atoms with van der Waals surface area (Å²) >= 11 is 0. The molecule has 1 fully saturated rings. The molecule has 0 aromatic rings. The lowest BCUT2D eigenvalue weighted by Gasteiger charge is -2.38. The third-order valence-electron chi connectivity index (χ3n) is 2.57. The quantitative estimate of drug-likeness (QED) is 0.645. The topological polar surface area (TPSA) is 49.6 Å². The average molecular weight is 185 g/mol. The first-order valence-electron chi connectivity index (χ1n) is 4.89. The van der Waals surface area contributed by atoms with Crippen molar-refractivity contribution >= 4 is 5.91 Å². The molecule has 0 spiro atoms. The van der Waals surface area contributed by atoms with Crippen LogP contribution in [0.15, 0.2) is 0 Å². The summed E-state index contributed by atoms with van der Waals surface area (Å²) in [5.74, 6) is 0.193. The summed E-state index contributed by atoms with van der Waals surface area (Å²) in [5, 5.41) is 0. The second-order valence-electron chi connectivity index (χ2n) is 3.56. The highest BCUT2D eigenvalue weighted by atomic mass is 16.2. The fraction of sp³-hybridized carbons (Fsp3) is 0.889. The van der Waals surface area contributed by atoms with E-state index in [1.165, 1.54) is 0 Å². The molecule has 1 unspecified atom stereocenters. The van der Waals surface area contributed by atoms with Gasteiger partial charge in [-0.05, 0) is 13.5 Å². The Kier molecular flexibility index (Phi) is 3.69. The highest BCUT2D eigenvalue weighted by Crippen LogP contribution is 2.08. The lowest BCUT2D eigenvalue weighted by Crippen LogP contribution is -2.58. The molecule has 0 aromatic carbocycles. The summed E-state index contributed by atoms with van der Waals surface area (Å²) in [6.07, 6.45) is 1.02. The van der Waals surface area contributed by atoms with Gasteiger partial charge in [0.25, 0.3) is 0 Å². The van der Waals surface area contributed by atoms with Gasteiger partial charge in [-0.15, -0.1) is 0 Å². The predicted molar refractivity (Wildman–Crippen MR) is 52.3 cm³/mol. The van der Waals surface area contributed by atoms with E-state index in [1.54, 1.807) is 0 Å². The van der Waals surface area contributed by atoms with Crippen molar-refractivity contribution in [2.75, 3.05) is 33.2 Å². The molecule has 1 rings (SSSR count). The molecular weight excluding hydrogens is 166 g/mol. The number of likely N-dealkylation sites (N-methyl/N-ethyl adjacent to an activating group) is 1. The van der Waals surface area contributed by atoms with Crippen molar-refractivity contribution in [3.8, 4) is 0 Å². The van der Waals surface area contributed by atoms with E-state index in [1.807, 2.05) is 16.8 Å². The summed E-state index contributed by atoms with van der Waals surface area (Å²) in [7, 11) is 1.96. The number of carbonyl (C=O) groups excluding carboxylic acids is 1. The summed E-state index contributed by atoms with van der Waals surface area (Å²) in [6.45, 7) is 5.16. The molecule has 0 saturated carbocycles. The molecule has 1 atom stereocenters. The number of amides is 1. The van der Waals surface area contributed by atoms with E-state index in [4.69, 9.17) is 5.73 Å². The number of piperazine rings is 1. The summed E-state index contributed by atoms with van der Waals surface area (Å²) < 4.78 is 0. The molecular formula is C9H19N3O. The second kappa shape index (κ2) is 4.58. The number of hydrogen-bond donors (Lipinski definition) is 1. The van der Waals surface area contributed by atoms with Crippen molar-refractivity contribution in [2.45, 2.75) is 19.4 Å². The smallest absolute Gasteiger partial charge is 0.241 e. The molecule has 2 N–H and O–H groups in total. The van der Waals surface area contributed by atoms with Crippen LogP contribution in [-0.2, 0) is 4.79 Å². The molecule has 1 aliphatic rings. The largest absolute Gasteiger partial charge is 0.340 e. The van der Waals surface area contributed by atoms with Crippen molar-refractivity contribution in [1.82, 2.24) is 9.80 Å². The van der Waals surface area contributed by atoms with Crippen LogP contribution in [0.5, 0.6) is 0 Å². The van der Waals surface area contributed by atoms with Crippen molar-refractivity contribution in [2.24, 2.45) is 5.73 Å². The van der Waals surface area contributed by atoms with Crippen LogP contribution in [-0.4, -0.2) is 55.0 Å². The number of hydrogen-bond acceptors (Lipinski definition) is 3. The fourth-order valence-corrected chi connectivity index (χ4v) is 1.72. The Bertz CT molecular complexity index is 184. The van der Waals surface area contributed by atoms with Gasteiger partial charge in [0.2, 0.25) is 5.91 Å². The SMILES string of the molecule is CCCN1CCN(C)C(CN)C1=O. The van der Waals surface area contributed by atoms with E-state index < -0.39 is 0 Å². The van der Waals surface area contributed by atoms with E-state index in [0.717, 1.165) is 26.1 Å². The summed E-state index contributed by atoms with van der Waals surface area (Å²) in [6, 6.07) is -0.0969. The van der Waals surface area contributed by atoms with E-state index in [2.05, 4.69) is 6.92 Å². The van der Waals surface area contributed by atoms with Crippen LogP contribution in [0.2, 0.25) is 0 Å². The summed E-state index contributed by atoms with van der Waals surface area (Å²) in [4.78, 5) is 15.7. The van der Waals surface area contributed by atoms with E-state index in [-0.39, 0.29) is 11.9 Å². The zero-order valence-electron chi connectivity index (χ0n) is 8.49. The minimum absolute atomic E-state index is 0.0969. The van der Waals surface area contributed by atoms with Crippen molar-refractivity contribution in [1.29, 1.82) is 0 Å². The van der Waals surface area contributed by atoms with Crippen LogP contribution < -0.4 is 5.73 Å². The van der Waals surface area contributed by atoms with Gasteiger partial charge < -0.3 is 10.6 Å². The van der Waals surface area contributed by atoms with E-state index >= 15 is 0 Å². The number of rotatable bonds is 3. The lowest BCUT2D eigenvalue weighted by atomic mass is 10.1. The van der Waals surface area contributed by atoms with Crippen molar-refractivity contribution < 1.29 is 4.79 Å². The molecule has 76 valence electrons. The second-order valence-corrected chi connectivity index (χ2v) is 3.56. The Morgan fingerprint density at radius 2 is 2.23 bits per heavy atom. The summed E-state index contributed by atoms with van der Waals surface area (Å²) in [5.41, 5.74) is 5.55. The van der Waals surface area contributed by atoms with Gasteiger partial charge in [-0.1, -0.05) is 6.92 Å². The van der Waals surface area contributed by atoms with Gasteiger partial charge >= 0.3 is 0 Å². The number of nitrogens with two attached hydrogens (primary N) is 1. The Morgan fingerprint density at radius 1 is 1.54 bits per heavy atom. The Morgan fingerprint density at radius 3 is 2.77 bits per heavy atom. The first kappa shape index (κ1) is 10.5. The highest BCUT2D eigenvalue weighted by Gasteiger charge is 2.30. The van der Waals surface area contributed by atoms with Gasteiger partial charge in [-0.3, -0.25) is 9.69 Å². The standard InChI is InChI=1S/C9H19N3O/c1-3-4-12-6-5-11(2)8(7-10)9(12)13/h8H,3-7,10H2,1-2H3. The van der Waals surface area contributed by atoms with Crippen LogP contribution in [0.1, 0.15) is 13.3 Å². The third-order valence-corrected chi connectivity index (χ3v) is 2.57. The van der Waals surface area contributed by atoms with E-state index in [9.17, 15) is 4.79 Å². The molecule has 0 aromatic heterocycles. The average Bonchev–Trinajstić information content (AvgIpc) is 2.11. The molecule has 13 heavy (non-hydrogen) atoms. The molecule has 4 heteroatoms. The molecule has 0 bridgehead atoms. The molecule has 1 heterocycles. The van der Waals surface area contributed by atoms with Crippen LogP contribution in [0, 0.1) is 0 Å². The van der Waals surface area contributed by atoms with Crippen LogP contribution >= 0.6 is 0 Å². The van der Waals surface area contributed by atoms with Crippen molar-refractivity contribution in [3.05, 3.63) is 0 Å². The Labute approximate surface area is 79.7 Å². The first-order valence-corrected chi connectivity index (χ1v) is 4.89. The first-order chi connectivity index (χ1) is 6.20. The third kappa shape index (κ3) is 2.19. The maximum Gasteiger partial charge on any atom is 0.241 e. The van der Waals surface area contributed by atoms with Gasteiger partial charge in [-0.25, -0.2) is 0 Å². The van der Waals surface area contributed by atoms with Gasteiger partial charge in [0.05, 0.1) is 0 Å². The molecule has 1 aliphatic heterocycles. The molecule has 1 amide bonds. The van der Waals surface area contributed by atoms with E-state index in [0.29, 0.717) is 6.54 Å². The van der Waals surface area contributed by atoms with Gasteiger partial charge in [0, 0.05) is 26.2 Å². The Balaban J connectivity index is 2.58. The molecule has 0 radical (unpaired) electrons. The zero-order valence-corrected chi connectivity index (χ0v) is 8.49. The molecule has 1 saturated heterocycles. The monoisotopic (exact) mass is 185 g/mol. The highest BCUT2D eigenvalue weighted by molar-refractivity contribution is 5.82. The zero-order chi connectivity index (χ0) is 9.84. The van der Waals surface area contributed by atoms with Gasteiger partial charge in [-0.2, -0.15) is 0 Å². The van der Waals surface area contributed by atoms with Crippen LogP contribution in [0.4, 0.5) is 0 Å². The normalized spacial score (nSPS) is 25.3. The Hall–Kier alpha value is -0.610. The maximum atomic E-state index is 11.8. The minimum Gasteiger partial charge on any atom is -0.340 e. The minimum atomic E-state index is -0.0969. The van der Waals surface area contributed by atoms with Gasteiger partial charge in [0.1, 0.15) is 6.04 Å². The van der Waals surface area contributed by atoms with Crippen molar-refractivity contribution in [3.63, 3.8) is 0 Å². The fourth-order valence-electron chi connectivity index (χ4n) is 1.72. The van der Waals surface area contributed by atoms with Gasteiger partial charge in [0.15, 0.2) is 0 Å². The number of carbonyl (C=O) groups is 1. The van der Waals surface area contributed by atoms with Crippen LogP contribution in [0.25, 0.3) is 0 Å².